The molecule has 5 nitrogen and oxygen atoms in total. The summed E-state index contributed by atoms with van der Waals surface area (Å²) in [5, 5.41) is 0. The Morgan fingerprint density at radius 3 is 2.70 bits per heavy atom. The van der Waals surface area contributed by atoms with E-state index in [9.17, 15) is 9.59 Å². The fourth-order valence-corrected chi connectivity index (χ4v) is 5.37. The van der Waals surface area contributed by atoms with E-state index < -0.39 is 17.6 Å². The number of carbonyl (C=O) groups excluding carboxylic acids is 2. The van der Waals surface area contributed by atoms with E-state index in [-0.39, 0.29) is 24.0 Å². The molecule has 1 aromatic rings. The largest absolute Gasteiger partial charge is 0.446 e. The van der Waals surface area contributed by atoms with Crippen LogP contribution in [0.1, 0.15) is 38.7 Å². The van der Waals surface area contributed by atoms with Gasteiger partial charge in [0.1, 0.15) is 12.6 Å². The van der Waals surface area contributed by atoms with Crippen LogP contribution in [0.15, 0.2) is 30.3 Å². The van der Waals surface area contributed by atoms with Crippen LogP contribution >= 0.6 is 0 Å². The monoisotopic (exact) mass is 367 g/mol. The summed E-state index contributed by atoms with van der Waals surface area (Å²) >= 11 is 0. The summed E-state index contributed by atoms with van der Waals surface area (Å²) in [4.78, 5) is 27.4. The zero-order valence-corrected chi connectivity index (χ0v) is 16.0. The lowest BCUT2D eigenvalue weighted by Crippen LogP contribution is -2.55. The third-order valence-corrected chi connectivity index (χ3v) is 7.02. The maximum absolute atomic E-state index is 13.7. The third-order valence-electron chi connectivity index (χ3n) is 7.02. The van der Waals surface area contributed by atoms with Gasteiger partial charge in [0.25, 0.3) is 0 Å². The molecule has 1 heterocycles. The predicted molar refractivity (Wildman–Crippen MR) is 99.7 cm³/mol. The molecule has 2 amide bonds. The molecular formula is C22H25NO4. The number of cyclic esters (lactones) is 1. The van der Waals surface area contributed by atoms with Crippen LogP contribution in [-0.2, 0) is 14.3 Å². The normalized spacial score (nSPS) is 33.5. The molecule has 5 heteroatoms. The number of carbonyl (C=O) groups is 2. The van der Waals surface area contributed by atoms with E-state index in [1.54, 1.807) is 7.11 Å². The molecule has 0 spiro atoms. The van der Waals surface area contributed by atoms with E-state index in [1.807, 2.05) is 30.3 Å². The van der Waals surface area contributed by atoms with Crippen molar-refractivity contribution in [2.45, 2.75) is 45.3 Å². The van der Waals surface area contributed by atoms with Gasteiger partial charge in [0, 0.05) is 12.7 Å². The van der Waals surface area contributed by atoms with E-state index in [0.29, 0.717) is 5.92 Å². The average molecular weight is 367 g/mol. The molecular weight excluding hydrogens is 342 g/mol. The topological polar surface area (TPSA) is 55.8 Å². The van der Waals surface area contributed by atoms with Crippen LogP contribution < -0.4 is 0 Å². The van der Waals surface area contributed by atoms with Gasteiger partial charge in [0.2, 0.25) is 5.91 Å². The van der Waals surface area contributed by atoms with Crippen molar-refractivity contribution in [1.29, 1.82) is 0 Å². The molecule has 1 aromatic carbocycles. The summed E-state index contributed by atoms with van der Waals surface area (Å²) in [6, 6.07) is 8.98. The van der Waals surface area contributed by atoms with Crippen LogP contribution in [0.2, 0.25) is 0 Å². The number of benzene rings is 1. The van der Waals surface area contributed by atoms with Gasteiger partial charge in [-0.1, -0.05) is 43.9 Å². The molecule has 3 fully saturated rings. The summed E-state index contributed by atoms with van der Waals surface area (Å²) in [7, 11) is 1.66. The summed E-state index contributed by atoms with van der Waals surface area (Å²) < 4.78 is 10.9. The summed E-state index contributed by atoms with van der Waals surface area (Å²) in [5.41, 5.74) is -0.0627. The first-order valence-electron chi connectivity index (χ1n) is 9.51. The van der Waals surface area contributed by atoms with Crippen molar-refractivity contribution in [2.75, 3.05) is 13.7 Å². The standard InChI is InChI=1S/C22H25NO4/c1-21(2)16-11-12-22(21,18(13-16)26-3)19(24)23-17(14-27-20(23)25)10-9-15-7-5-4-6-8-15/h4-8,16-18H,11-14H2,1-3H3/t16-,17-,18-,22+/m1/s1. The van der Waals surface area contributed by atoms with E-state index in [0.717, 1.165) is 24.8 Å². The minimum atomic E-state index is -0.692. The third kappa shape index (κ3) is 2.50. The van der Waals surface area contributed by atoms with Gasteiger partial charge in [-0.2, -0.15) is 0 Å². The van der Waals surface area contributed by atoms with Crippen molar-refractivity contribution in [1.82, 2.24) is 4.90 Å². The highest BCUT2D eigenvalue weighted by Gasteiger charge is 2.70. The van der Waals surface area contributed by atoms with Crippen LogP contribution in [0, 0.1) is 28.6 Å². The van der Waals surface area contributed by atoms with Gasteiger partial charge in [-0.3, -0.25) is 4.79 Å². The molecule has 0 aromatic heterocycles. The molecule has 0 radical (unpaired) electrons. The average Bonchev–Trinajstić information content (AvgIpc) is 3.25. The maximum atomic E-state index is 13.7. The van der Waals surface area contributed by atoms with Crippen LogP contribution in [-0.4, -0.2) is 42.8 Å². The Kier molecular flexibility index (Phi) is 4.27. The first kappa shape index (κ1) is 18.1. The Labute approximate surface area is 160 Å². The highest BCUT2D eigenvalue weighted by Crippen LogP contribution is 2.67. The van der Waals surface area contributed by atoms with Crippen molar-refractivity contribution in [3.05, 3.63) is 35.9 Å². The highest BCUT2D eigenvalue weighted by atomic mass is 16.6. The van der Waals surface area contributed by atoms with Crippen molar-refractivity contribution in [3.63, 3.8) is 0 Å². The van der Waals surface area contributed by atoms with Crippen molar-refractivity contribution >= 4 is 12.0 Å². The molecule has 2 saturated carbocycles. The fourth-order valence-electron chi connectivity index (χ4n) is 5.37. The van der Waals surface area contributed by atoms with Gasteiger partial charge >= 0.3 is 6.09 Å². The number of hydrogen-bond acceptors (Lipinski definition) is 4. The van der Waals surface area contributed by atoms with Gasteiger partial charge in [-0.25, -0.2) is 9.69 Å². The van der Waals surface area contributed by atoms with Crippen molar-refractivity contribution in [2.24, 2.45) is 16.7 Å². The maximum Gasteiger partial charge on any atom is 0.417 e. The second-order valence-electron chi connectivity index (χ2n) is 8.29. The SMILES string of the molecule is CO[C@@H]1C[C@H]2CC[C@]1(C(=O)N1C(=O)OC[C@H]1C#Cc1ccccc1)C2(C)C. The molecule has 0 N–H and O–H groups in total. The lowest BCUT2D eigenvalue weighted by molar-refractivity contribution is -0.153. The van der Waals surface area contributed by atoms with Gasteiger partial charge in [0.15, 0.2) is 0 Å². The Morgan fingerprint density at radius 2 is 2.04 bits per heavy atom. The van der Waals surface area contributed by atoms with Crippen LogP contribution in [0.25, 0.3) is 0 Å². The van der Waals surface area contributed by atoms with E-state index in [1.165, 1.54) is 4.90 Å². The number of ether oxygens (including phenoxy) is 2. The number of methoxy groups -OCH3 is 1. The van der Waals surface area contributed by atoms with Gasteiger partial charge in [-0.05, 0) is 42.7 Å². The molecule has 4 rings (SSSR count). The second kappa shape index (κ2) is 6.38. The van der Waals surface area contributed by atoms with Crippen LogP contribution in [0.5, 0.6) is 0 Å². The van der Waals surface area contributed by atoms with Crippen molar-refractivity contribution < 1.29 is 19.1 Å². The first-order chi connectivity index (χ1) is 12.9. The molecule has 2 bridgehead atoms. The number of nitrogens with zero attached hydrogens (tertiary/aromatic N) is 1. The zero-order valence-electron chi connectivity index (χ0n) is 16.0. The Bertz CT molecular complexity index is 822. The Morgan fingerprint density at radius 1 is 1.30 bits per heavy atom. The van der Waals surface area contributed by atoms with Gasteiger partial charge in [-0.15, -0.1) is 0 Å². The minimum absolute atomic E-state index is 0.113. The molecule has 1 saturated heterocycles. The van der Waals surface area contributed by atoms with E-state index >= 15 is 0 Å². The molecule has 0 unspecified atom stereocenters. The second-order valence-corrected chi connectivity index (χ2v) is 8.29. The molecule has 3 aliphatic rings. The van der Waals surface area contributed by atoms with Crippen molar-refractivity contribution in [3.8, 4) is 11.8 Å². The first-order valence-corrected chi connectivity index (χ1v) is 9.51. The Balaban J connectivity index is 1.67. The summed E-state index contributed by atoms with van der Waals surface area (Å²) in [6.07, 6.45) is 1.82. The van der Waals surface area contributed by atoms with Gasteiger partial charge in [0.05, 0.1) is 11.5 Å². The molecule has 4 atom stereocenters. The summed E-state index contributed by atoms with van der Waals surface area (Å²) in [5.74, 6) is 6.37. The molecule has 27 heavy (non-hydrogen) atoms. The van der Waals surface area contributed by atoms with Crippen LogP contribution in [0.3, 0.4) is 0 Å². The van der Waals surface area contributed by atoms with E-state index in [4.69, 9.17) is 9.47 Å². The highest BCUT2D eigenvalue weighted by molar-refractivity contribution is 5.98. The van der Waals surface area contributed by atoms with E-state index in [2.05, 4.69) is 25.7 Å². The number of hydrogen-bond donors (Lipinski definition) is 0. The minimum Gasteiger partial charge on any atom is -0.446 e. The zero-order chi connectivity index (χ0) is 19.2. The molecule has 142 valence electrons. The predicted octanol–water partition coefficient (Wildman–Crippen LogP) is 3.23. The number of fused-ring (bicyclic) bond motifs is 2. The van der Waals surface area contributed by atoms with Crippen LogP contribution in [0.4, 0.5) is 4.79 Å². The van der Waals surface area contributed by atoms with Gasteiger partial charge < -0.3 is 9.47 Å². The summed E-state index contributed by atoms with van der Waals surface area (Å²) in [6.45, 7) is 4.38. The fraction of sp³-hybridized carbons (Fsp3) is 0.545. The lowest BCUT2D eigenvalue weighted by atomic mass is 9.67. The smallest absolute Gasteiger partial charge is 0.417 e. The quantitative estimate of drug-likeness (QED) is 0.753. The lowest BCUT2D eigenvalue weighted by Gasteiger charge is -2.42. The molecule has 1 aliphatic heterocycles. The number of amides is 2. The number of imide groups is 1. The number of rotatable bonds is 2. The molecule has 2 aliphatic carbocycles. The Hall–Kier alpha value is -2.32.